The Hall–Kier alpha value is -2.05. The summed E-state index contributed by atoms with van der Waals surface area (Å²) in [5, 5.41) is 5.19. The van der Waals surface area contributed by atoms with Crippen LogP contribution in [0.15, 0.2) is 51.4 Å². The van der Waals surface area contributed by atoms with Crippen LogP contribution in [0, 0.1) is 0 Å². The van der Waals surface area contributed by atoms with Crippen LogP contribution in [0.5, 0.6) is 11.5 Å². The smallest absolute Gasteiger partial charge is 0.231 e. The van der Waals surface area contributed by atoms with Gasteiger partial charge in [-0.1, -0.05) is 56.1 Å². The molecule has 0 saturated carbocycles. The van der Waals surface area contributed by atoms with Gasteiger partial charge < -0.3 is 14.8 Å². The summed E-state index contributed by atoms with van der Waals surface area (Å²) in [6, 6.07) is 14.1. The van der Waals surface area contributed by atoms with Gasteiger partial charge in [0, 0.05) is 26.7 Å². The minimum atomic E-state index is -0.0662. The largest absolute Gasteiger partial charge is 0.454 e. The first-order valence-corrected chi connectivity index (χ1v) is 9.80. The van der Waals surface area contributed by atoms with Crippen molar-refractivity contribution in [1.29, 1.82) is 0 Å². The molecule has 4 nitrogen and oxygen atoms in total. The third-order valence-corrected chi connectivity index (χ3v) is 6.26. The number of hydrogen-bond acceptors (Lipinski definition) is 3. The van der Waals surface area contributed by atoms with Gasteiger partial charge >= 0.3 is 0 Å². The number of anilines is 1. The zero-order valence-electron chi connectivity index (χ0n) is 13.5. The van der Waals surface area contributed by atoms with E-state index in [2.05, 4.69) is 43.2 Å². The van der Waals surface area contributed by atoms with Crippen LogP contribution >= 0.6 is 31.9 Å². The van der Waals surface area contributed by atoms with Crippen LogP contribution in [-0.4, -0.2) is 12.7 Å². The van der Waals surface area contributed by atoms with E-state index in [0.717, 1.165) is 48.0 Å². The molecule has 2 heterocycles. The Labute approximate surface area is 166 Å². The quantitative estimate of drug-likeness (QED) is 0.501. The molecule has 26 heavy (non-hydrogen) atoms. The molecule has 6 heteroatoms. The van der Waals surface area contributed by atoms with Gasteiger partial charge in [-0.25, -0.2) is 0 Å². The van der Waals surface area contributed by atoms with Crippen molar-refractivity contribution < 1.29 is 14.3 Å². The van der Waals surface area contributed by atoms with E-state index >= 15 is 0 Å². The normalized spacial score (nSPS) is 17.9. The number of amides is 1. The van der Waals surface area contributed by atoms with Crippen molar-refractivity contribution in [3.63, 3.8) is 0 Å². The third kappa shape index (κ3) is 2.43. The molecule has 0 spiro atoms. The highest BCUT2D eigenvalue weighted by Crippen LogP contribution is 2.47. The summed E-state index contributed by atoms with van der Waals surface area (Å²) >= 11 is 7.34. The molecule has 130 valence electrons. The summed E-state index contributed by atoms with van der Waals surface area (Å²) in [4.78, 5) is 12.5. The zero-order valence-corrected chi connectivity index (χ0v) is 16.7. The van der Waals surface area contributed by atoms with E-state index in [1.807, 2.05) is 36.4 Å². The van der Waals surface area contributed by atoms with Crippen LogP contribution in [0.25, 0.3) is 10.8 Å². The van der Waals surface area contributed by atoms with Crippen molar-refractivity contribution >= 4 is 54.2 Å². The number of ether oxygens (including phenoxy) is 2. The molecule has 0 radical (unpaired) electrons. The minimum absolute atomic E-state index is 0.0135. The highest BCUT2D eigenvalue weighted by atomic mass is 79.9. The first-order valence-electron chi connectivity index (χ1n) is 8.22. The molecule has 1 amide bonds. The Morgan fingerprint density at radius 2 is 1.65 bits per heavy atom. The molecule has 0 saturated heterocycles. The fourth-order valence-electron chi connectivity index (χ4n) is 3.73. The van der Waals surface area contributed by atoms with Gasteiger partial charge in [-0.05, 0) is 34.7 Å². The van der Waals surface area contributed by atoms with Crippen LogP contribution in [0.2, 0.25) is 0 Å². The summed E-state index contributed by atoms with van der Waals surface area (Å²) in [6.07, 6.45) is 0.385. The van der Waals surface area contributed by atoms with Gasteiger partial charge in [0.15, 0.2) is 11.5 Å². The van der Waals surface area contributed by atoms with Crippen LogP contribution in [-0.2, 0) is 4.79 Å². The van der Waals surface area contributed by atoms with Crippen LogP contribution in [0.4, 0.5) is 5.69 Å². The minimum Gasteiger partial charge on any atom is -0.454 e. The lowest BCUT2D eigenvalue weighted by Crippen LogP contribution is -2.24. The predicted octanol–water partition coefficient (Wildman–Crippen LogP) is 5.57. The highest BCUT2D eigenvalue weighted by molar-refractivity contribution is 9.11. The maximum atomic E-state index is 12.5. The molecule has 0 aromatic heterocycles. The van der Waals surface area contributed by atoms with E-state index in [1.54, 1.807) is 0 Å². The molecule has 1 atom stereocenters. The third-order valence-electron chi connectivity index (χ3n) is 4.92. The molecular weight excluding hydrogens is 462 g/mol. The topological polar surface area (TPSA) is 47.6 Å². The molecule has 0 bridgehead atoms. The van der Waals surface area contributed by atoms with Gasteiger partial charge in [-0.15, -0.1) is 0 Å². The Kier molecular flexibility index (Phi) is 3.72. The van der Waals surface area contributed by atoms with Crippen molar-refractivity contribution in [1.82, 2.24) is 0 Å². The lowest BCUT2D eigenvalue weighted by molar-refractivity contribution is -0.116. The second-order valence-corrected chi connectivity index (χ2v) is 8.11. The molecule has 3 aromatic rings. The van der Waals surface area contributed by atoms with E-state index in [9.17, 15) is 4.79 Å². The van der Waals surface area contributed by atoms with Gasteiger partial charge in [-0.2, -0.15) is 0 Å². The summed E-state index contributed by atoms with van der Waals surface area (Å²) in [5.41, 5.74) is 3.00. The average molecular weight is 475 g/mol. The van der Waals surface area contributed by atoms with Crippen molar-refractivity contribution in [2.75, 3.05) is 12.1 Å². The lowest BCUT2D eigenvalue weighted by atomic mass is 9.83. The van der Waals surface area contributed by atoms with Crippen molar-refractivity contribution in [3.8, 4) is 11.5 Å². The molecule has 5 rings (SSSR count). The van der Waals surface area contributed by atoms with Crippen LogP contribution < -0.4 is 14.8 Å². The number of hydrogen-bond donors (Lipinski definition) is 1. The van der Waals surface area contributed by atoms with E-state index in [0.29, 0.717) is 6.42 Å². The number of nitrogens with one attached hydrogen (secondary N) is 1. The van der Waals surface area contributed by atoms with E-state index in [4.69, 9.17) is 9.47 Å². The molecule has 2 aliphatic rings. The summed E-state index contributed by atoms with van der Waals surface area (Å²) < 4.78 is 12.9. The van der Waals surface area contributed by atoms with Crippen molar-refractivity contribution in [3.05, 3.63) is 62.5 Å². The van der Waals surface area contributed by atoms with Crippen molar-refractivity contribution in [2.45, 2.75) is 12.3 Å². The Morgan fingerprint density at radius 1 is 0.923 bits per heavy atom. The van der Waals surface area contributed by atoms with E-state index in [1.165, 1.54) is 0 Å². The van der Waals surface area contributed by atoms with Crippen LogP contribution in [0.3, 0.4) is 0 Å². The number of carbonyl (C=O) groups excluding carboxylic acids is 1. The summed E-state index contributed by atoms with van der Waals surface area (Å²) in [6.45, 7) is 0.225. The van der Waals surface area contributed by atoms with E-state index in [-0.39, 0.29) is 18.6 Å². The van der Waals surface area contributed by atoms with Crippen LogP contribution in [0.1, 0.15) is 23.5 Å². The van der Waals surface area contributed by atoms with Gasteiger partial charge in [0.25, 0.3) is 0 Å². The summed E-state index contributed by atoms with van der Waals surface area (Å²) in [7, 11) is 0. The highest BCUT2D eigenvalue weighted by Gasteiger charge is 2.31. The average Bonchev–Trinajstić information content (AvgIpc) is 3.09. The van der Waals surface area contributed by atoms with Crippen molar-refractivity contribution in [2.24, 2.45) is 0 Å². The fourth-order valence-corrected chi connectivity index (χ4v) is 4.92. The lowest BCUT2D eigenvalue weighted by Gasteiger charge is -2.28. The standard InChI is InChI=1S/C20H13Br2NO3/c21-15-5-14-12(13-6-17-18(8-16(13)22)26-9-25-17)7-19(24)23-20(14)11-4-2-1-3-10(11)15/h1-6,8,12H,7,9H2,(H,23,24)/t12-/m0/s1. The van der Waals surface area contributed by atoms with Gasteiger partial charge in [0.05, 0.1) is 5.69 Å². The molecule has 1 N–H and O–H groups in total. The molecule has 3 aromatic carbocycles. The fraction of sp³-hybridized carbons (Fsp3) is 0.150. The molecule has 2 aliphatic heterocycles. The summed E-state index contributed by atoms with van der Waals surface area (Å²) in [5.74, 6) is 1.39. The van der Waals surface area contributed by atoms with Gasteiger partial charge in [0.2, 0.25) is 12.7 Å². The number of benzene rings is 3. The molecule has 0 fully saturated rings. The Balaban J connectivity index is 1.75. The predicted molar refractivity (Wildman–Crippen MR) is 107 cm³/mol. The number of rotatable bonds is 1. The number of halogens is 2. The monoisotopic (exact) mass is 473 g/mol. The molecule has 0 unspecified atom stereocenters. The molecular formula is C20H13Br2NO3. The number of fused-ring (bicyclic) bond motifs is 4. The second-order valence-electron chi connectivity index (χ2n) is 6.40. The van der Waals surface area contributed by atoms with Gasteiger partial charge in [0.1, 0.15) is 0 Å². The zero-order chi connectivity index (χ0) is 17.8. The van der Waals surface area contributed by atoms with E-state index < -0.39 is 0 Å². The maximum Gasteiger partial charge on any atom is 0.231 e. The first kappa shape index (κ1) is 16.1. The maximum absolute atomic E-state index is 12.5. The SMILES string of the molecule is O=C1C[C@@H](c2cc3c(cc2Br)OCO3)c2cc(Br)c3ccccc3c2N1. The second kappa shape index (κ2) is 5.99. The number of carbonyl (C=O) groups is 1. The molecule has 0 aliphatic carbocycles. The Bertz CT molecular complexity index is 1080. The first-order chi connectivity index (χ1) is 12.6. The van der Waals surface area contributed by atoms with Gasteiger partial charge in [-0.3, -0.25) is 4.79 Å². The Morgan fingerprint density at radius 3 is 2.46 bits per heavy atom.